The molecule has 1 atom stereocenters. The Labute approximate surface area is 159 Å². The summed E-state index contributed by atoms with van der Waals surface area (Å²) in [5, 5.41) is 0. The minimum atomic E-state index is -3.78. The summed E-state index contributed by atoms with van der Waals surface area (Å²) in [6.07, 6.45) is 0.295. The molecule has 4 rings (SSSR count). The van der Waals surface area contributed by atoms with Gasteiger partial charge in [-0.2, -0.15) is 8.42 Å². The van der Waals surface area contributed by atoms with Crippen LogP contribution in [0.25, 0.3) is 11.1 Å². The fourth-order valence-electron chi connectivity index (χ4n) is 3.29. The molecule has 1 aliphatic heterocycles. The third kappa shape index (κ3) is 3.75. The van der Waals surface area contributed by atoms with Crippen LogP contribution in [-0.4, -0.2) is 21.1 Å². The van der Waals surface area contributed by atoms with Gasteiger partial charge in [0.15, 0.2) is 0 Å². The first-order valence-corrected chi connectivity index (χ1v) is 10.2. The summed E-state index contributed by atoms with van der Waals surface area (Å²) in [7, 11) is -3.78. The first-order valence-electron chi connectivity index (χ1n) is 8.83. The maximum atomic E-state index is 12.3. The van der Waals surface area contributed by atoms with Crippen LogP contribution < -0.4 is 4.74 Å². The van der Waals surface area contributed by atoms with E-state index in [-0.39, 0.29) is 17.6 Å². The van der Waals surface area contributed by atoms with Crippen LogP contribution in [0.3, 0.4) is 0 Å². The topological polar surface area (TPSA) is 52.6 Å². The van der Waals surface area contributed by atoms with Crippen molar-refractivity contribution in [3.05, 3.63) is 83.9 Å². The van der Waals surface area contributed by atoms with Crippen LogP contribution >= 0.6 is 0 Å². The summed E-state index contributed by atoms with van der Waals surface area (Å²) in [4.78, 5) is 0.154. The molecule has 1 aliphatic rings. The number of para-hydroxylation sites is 1. The second-order valence-corrected chi connectivity index (χ2v) is 8.27. The molecule has 0 aromatic heterocycles. The van der Waals surface area contributed by atoms with Crippen molar-refractivity contribution >= 4 is 10.1 Å². The van der Waals surface area contributed by atoms with Crippen molar-refractivity contribution < 1.29 is 17.3 Å². The van der Waals surface area contributed by atoms with Crippen LogP contribution in [0, 0.1) is 6.92 Å². The van der Waals surface area contributed by atoms with E-state index < -0.39 is 10.1 Å². The summed E-state index contributed by atoms with van der Waals surface area (Å²) in [5.74, 6) is 0.814. The van der Waals surface area contributed by atoms with Crippen molar-refractivity contribution in [3.63, 3.8) is 0 Å². The Kier molecular flexibility index (Phi) is 4.72. The fourth-order valence-corrected chi connectivity index (χ4v) is 4.25. The lowest BCUT2D eigenvalue weighted by molar-refractivity contribution is 0.152. The smallest absolute Gasteiger partial charge is 0.297 e. The lowest BCUT2D eigenvalue weighted by Crippen LogP contribution is -2.23. The number of aryl methyl sites for hydroxylation is 1. The van der Waals surface area contributed by atoms with Crippen LogP contribution in [0.2, 0.25) is 0 Å². The highest BCUT2D eigenvalue weighted by molar-refractivity contribution is 7.86. The van der Waals surface area contributed by atoms with E-state index in [9.17, 15) is 8.42 Å². The summed E-state index contributed by atoms with van der Waals surface area (Å²) >= 11 is 0. The molecule has 0 bridgehead atoms. The molecule has 4 nitrogen and oxygen atoms in total. The zero-order valence-electron chi connectivity index (χ0n) is 15.0. The van der Waals surface area contributed by atoms with E-state index in [1.54, 1.807) is 18.2 Å². The molecule has 0 radical (unpaired) electrons. The second-order valence-electron chi connectivity index (χ2n) is 6.66. The second kappa shape index (κ2) is 7.18. The maximum absolute atomic E-state index is 12.3. The monoisotopic (exact) mass is 380 g/mol. The van der Waals surface area contributed by atoms with Crippen molar-refractivity contribution in [1.29, 1.82) is 0 Å². The van der Waals surface area contributed by atoms with E-state index in [0.29, 0.717) is 6.42 Å². The number of ether oxygens (including phenoxy) is 1. The molecular weight excluding hydrogens is 360 g/mol. The van der Waals surface area contributed by atoms with Gasteiger partial charge in [0, 0.05) is 12.0 Å². The molecule has 1 unspecified atom stereocenters. The van der Waals surface area contributed by atoms with Crippen molar-refractivity contribution in [3.8, 4) is 16.9 Å². The van der Waals surface area contributed by atoms with Gasteiger partial charge in [0.2, 0.25) is 0 Å². The van der Waals surface area contributed by atoms with Gasteiger partial charge < -0.3 is 4.74 Å². The molecule has 0 saturated carbocycles. The number of fused-ring (bicyclic) bond motifs is 1. The van der Waals surface area contributed by atoms with Crippen molar-refractivity contribution in [2.24, 2.45) is 0 Å². The minimum absolute atomic E-state index is 0.0147. The number of hydrogen-bond donors (Lipinski definition) is 0. The summed E-state index contributed by atoms with van der Waals surface area (Å²) in [5.41, 5.74) is 4.35. The van der Waals surface area contributed by atoms with E-state index in [1.165, 1.54) is 17.7 Å². The zero-order chi connectivity index (χ0) is 18.9. The zero-order valence-corrected chi connectivity index (χ0v) is 15.8. The van der Waals surface area contributed by atoms with Crippen LogP contribution in [0.4, 0.5) is 0 Å². The standard InChI is InChI=1S/C22H20O4S/c1-16-7-5-8-17(13-16)21-12-6-9-18-14-19(26-22(18)21)15-25-27(23,24)20-10-3-2-4-11-20/h2-13,19H,14-15H2,1H3. The Hall–Kier alpha value is -2.63. The van der Waals surface area contributed by atoms with Gasteiger partial charge in [0.1, 0.15) is 18.5 Å². The van der Waals surface area contributed by atoms with Crippen LogP contribution in [-0.2, 0) is 20.7 Å². The molecule has 5 heteroatoms. The van der Waals surface area contributed by atoms with Gasteiger partial charge in [-0.15, -0.1) is 0 Å². The Morgan fingerprint density at radius 3 is 2.56 bits per heavy atom. The van der Waals surface area contributed by atoms with Gasteiger partial charge in [-0.1, -0.05) is 66.2 Å². The first-order chi connectivity index (χ1) is 13.0. The Bertz CT molecular complexity index is 1060. The van der Waals surface area contributed by atoms with Crippen molar-refractivity contribution in [1.82, 2.24) is 0 Å². The fraction of sp³-hybridized carbons (Fsp3) is 0.182. The average molecular weight is 380 g/mol. The average Bonchev–Trinajstić information content (AvgIpc) is 3.10. The SMILES string of the molecule is Cc1cccc(-c2cccc3c2OC(COS(=O)(=O)c2ccccc2)C3)c1. The number of benzene rings is 3. The predicted molar refractivity (Wildman–Crippen MR) is 104 cm³/mol. The third-order valence-electron chi connectivity index (χ3n) is 4.60. The number of rotatable bonds is 5. The van der Waals surface area contributed by atoms with E-state index in [1.807, 2.05) is 24.3 Å². The summed E-state index contributed by atoms with van der Waals surface area (Å²) < 4.78 is 35.9. The van der Waals surface area contributed by atoms with Crippen LogP contribution in [0.15, 0.2) is 77.7 Å². The van der Waals surface area contributed by atoms with Crippen LogP contribution in [0.5, 0.6) is 5.75 Å². The molecule has 0 N–H and O–H groups in total. The maximum Gasteiger partial charge on any atom is 0.297 e. The lowest BCUT2D eigenvalue weighted by atomic mass is 9.99. The van der Waals surface area contributed by atoms with Gasteiger partial charge in [-0.05, 0) is 30.2 Å². The van der Waals surface area contributed by atoms with Crippen LogP contribution in [0.1, 0.15) is 11.1 Å². The van der Waals surface area contributed by atoms with E-state index in [4.69, 9.17) is 8.92 Å². The third-order valence-corrected chi connectivity index (χ3v) is 5.89. The Morgan fingerprint density at radius 2 is 1.78 bits per heavy atom. The molecular formula is C22H20O4S. The summed E-state index contributed by atoms with van der Waals surface area (Å²) in [6.45, 7) is 2.04. The quantitative estimate of drug-likeness (QED) is 0.617. The van der Waals surface area contributed by atoms with Gasteiger partial charge in [-0.25, -0.2) is 0 Å². The normalized spacial score (nSPS) is 16.0. The minimum Gasteiger partial charge on any atom is -0.487 e. The molecule has 0 aliphatic carbocycles. The predicted octanol–water partition coefficient (Wildman–Crippen LogP) is 4.37. The van der Waals surface area contributed by atoms with Crippen molar-refractivity contribution in [2.45, 2.75) is 24.3 Å². The number of hydrogen-bond acceptors (Lipinski definition) is 4. The van der Waals surface area contributed by atoms with E-state index >= 15 is 0 Å². The molecule has 3 aromatic rings. The molecule has 0 fully saturated rings. The van der Waals surface area contributed by atoms with Gasteiger partial charge in [0.05, 0.1) is 4.90 Å². The highest BCUT2D eigenvalue weighted by atomic mass is 32.2. The molecule has 27 heavy (non-hydrogen) atoms. The summed E-state index contributed by atoms with van der Waals surface area (Å²) in [6, 6.07) is 22.4. The Balaban J connectivity index is 1.51. The highest BCUT2D eigenvalue weighted by Crippen LogP contribution is 2.39. The van der Waals surface area contributed by atoms with E-state index in [0.717, 1.165) is 22.4 Å². The molecule has 138 valence electrons. The molecule has 0 spiro atoms. The largest absolute Gasteiger partial charge is 0.487 e. The van der Waals surface area contributed by atoms with Gasteiger partial charge in [0.25, 0.3) is 10.1 Å². The Morgan fingerprint density at radius 1 is 1.00 bits per heavy atom. The first kappa shape index (κ1) is 17.8. The molecule has 0 amide bonds. The van der Waals surface area contributed by atoms with Gasteiger partial charge >= 0.3 is 0 Å². The highest BCUT2D eigenvalue weighted by Gasteiger charge is 2.28. The lowest BCUT2D eigenvalue weighted by Gasteiger charge is -2.13. The van der Waals surface area contributed by atoms with Gasteiger partial charge in [-0.3, -0.25) is 4.18 Å². The molecule has 0 saturated heterocycles. The van der Waals surface area contributed by atoms with E-state index in [2.05, 4.69) is 25.1 Å². The molecule has 1 heterocycles. The van der Waals surface area contributed by atoms with Crippen molar-refractivity contribution in [2.75, 3.05) is 6.61 Å². The molecule has 3 aromatic carbocycles.